The second-order valence-corrected chi connectivity index (χ2v) is 5.54. The van der Waals surface area contributed by atoms with Crippen LogP contribution in [-0.4, -0.2) is 8.76 Å². The summed E-state index contributed by atoms with van der Waals surface area (Å²) >= 11 is 9.42. The molecule has 0 amide bonds. The molecule has 0 aliphatic carbocycles. The Labute approximate surface area is 127 Å². The third-order valence-corrected chi connectivity index (χ3v) is 3.46. The summed E-state index contributed by atoms with van der Waals surface area (Å²) in [4.78, 5) is 0.000137. The van der Waals surface area contributed by atoms with Crippen molar-refractivity contribution in [2.75, 3.05) is 0 Å². The minimum atomic E-state index is -2.28. The average Bonchev–Trinajstić information content (AvgIpc) is 2.37. The molecule has 4 nitrogen and oxygen atoms in total. The van der Waals surface area contributed by atoms with Crippen LogP contribution in [0.15, 0.2) is 41.3 Å². The molecule has 0 spiro atoms. The van der Waals surface area contributed by atoms with Gasteiger partial charge in [0.1, 0.15) is 16.4 Å². The fraction of sp³-hybridized carbons (Fsp3) is 0. The SMILES string of the molecule is N#Cc1ccc(Oc2cc(Cl)cc(Cl)c2)c(S(=O)O)c1. The summed E-state index contributed by atoms with van der Waals surface area (Å²) in [6, 6.07) is 10.7. The van der Waals surface area contributed by atoms with Crippen molar-refractivity contribution in [2.45, 2.75) is 4.90 Å². The van der Waals surface area contributed by atoms with Gasteiger partial charge in [0, 0.05) is 10.0 Å². The highest BCUT2D eigenvalue weighted by Crippen LogP contribution is 2.31. The highest BCUT2D eigenvalue weighted by Gasteiger charge is 2.12. The van der Waals surface area contributed by atoms with Gasteiger partial charge in [-0.2, -0.15) is 5.26 Å². The molecule has 7 heteroatoms. The normalized spacial score (nSPS) is 11.7. The van der Waals surface area contributed by atoms with Gasteiger partial charge in [0.15, 0.2) is 11.1 Å². The van der Waals surface area contributed by atoms with Crippen molar-refractivity contribution < 1.29 is 13.5 Å². The van der Waals surface area contributed by atoms with Crippen LogP contribution in [0.25, 0.3) is 0 Å². The Balaban J connectivity index is 2.43. The fourth-order valence-electron chi connectivity index (χ4n) is 1.51. The van der Waals surface area contributed by atoms with Gasteiger partial charge in [-0.3, -0.25) is 0 Å². The maximum absolute atomic E-state index is 11.3. The van der Waals surface area contributed by atoms with Crippen LogP contribution < -0.4 is 4.74 Å². The van der Waals surface area contributed by atoms with Crippen molar-refractivity contribution in [3.8, 4) is 17.6 Å². The van der Waals surface area contributed by atoms with Crippen molar-refractivity contribution in [2.24, 2.45) is 0 Å². The summed E-state index contributed by atoms with van der Waals surface area (Å²) in [6.07, 6.45) is 0. The van der Waals surface area contributed by atoms with E-state index in [0.717, 1.165) is 0 Å². The Morgan fingerprint density at radius 1 is 1.15 bits per heavy atom. The first-order chi connectivity index (χ1) is 9.49. The molecule has 0 radical (unpaired) electrons. The average molecular weight is 328 g/mol. The lowest BCUT2D eigenvalue weighted by atomic mass is 10.2. The van der Waals surface area contributed by atoms with Gasteiger partial charge in [0.25, 0.3) is 0 Å². The Hall–Kier alpha value is -1.58. The van der Waals surface area contributed by atoms with Crippen LogP contribution >= 0.6 is 23.2 Å². The van der Waals surface area contributed by atoms with E-state index in [1.165, 1.54) is 30.3 Å². The van der Waals surface area contributed by atoms with Crippen LogP contribution in [0.4, 0.5) is 0 Å². The summed E-state index contributed by atoms with van der Waals surface area (Å²) in [5.41, 5.74) is 0.263. The molecular weight excluding hydrogens is 321 g/mol. The molecular formula is C13H7Cl2NO3S. The van der Waals surface area contributed by atoms with E-state index < -0.39 is 11.1 Å². The molecule has 20 heavy (non-hydrogen) atoms. The van der Waals surface area contributed by atoms with E-state index in [0.29, 0.717) is 15.8 Å². The van der Waals surface area contributed by atoms with Crippen LogP contribution in [0.1, 0.15) is 5.56 Å². The van der Waals surface area contributed by atoms with Crippen LogP contribution in [-0.2, 0) is 11.1 Å². The zero-order valence-electron chi connectivity index (χ0n) is 9.84. The molecule has 0 saturated heterocycles. The van der Waals surface area contributed by atoms with Crippen LogP contribution in [0.3, 0.4) is 0 Å². The molecule has 0 aliphatic rings. The van der Waals surface area contributed by atoms with Crippen molar-refractivity contribution in [3.05, 3.63) is 52.0 Å². The van der Waals surface area contributed by atoms with E-state index in [-0.39, 0.29) is 16.2 Å². The van der Waals surface area contributed by atoms with Gasteiger partial charge in [0.2, 0.25) is 0 Å². The predicted octanol–water partition coefficient (Wildman–Crippen LogP) is 4.24. The summed E-state index contributed by atoms with van der Waals surface area (Å²) in [7, 11) is 0. The van der Waals surface area contributed by atoms with Crippen molar-refractivity contribution in [1.29, 1.82) is 5.26 Å². The number of hydrogen-bond acceptors (Lipinski definition) is 3. The van der Waals surface area contributed by atoms with E-state index in [1.54, 1.807) is 6.07 Å². The molecule has 0 saturated carbocycles. The van der Waals surface area contributed by atoms with Crippen molar-refractivity contribution >= 4 is 34.3 Å². The van der Waals surface area contributed by atoms with Crippen molar-refractivity contribution in [1.82, 2.24) is 0 Å². The first-order valence-electron chi connectivity index (χ1n) is 5.28. The minimum absolute atomic E-state index is 0.000137. The summed E-state index contributed by atoms with van der Waals surface area (Å²) in [6.45, 7) is 0. The lowest BCUT2D eigenvalue weighted by molar-refractivity contribution is 0.465. The predicted molar refractivity (Wildman–Crippen MR) is 76.7 cm³/mol. The molecule has 0 heterocycles. The van der Waals surface area contributed by atoms with E-state index in [1.807, 2.05) is 6.07 Å². The second-order valence-electron chi connectivity index (χ2n) is 3.73. The summed E-state index contributed by atoms with van der Waals surface area (Å²) in [5, 5.41) is 9.56. The Kier molecular flexibility index (Phi) is 4.63. The first kappa shape index (κ1) is 14.8. The van der Waals surface area contributed by atoms with Crippen LogP contribution in [0.5, 0.6) is 11.5 Å². The molecule has 2 rings (SSSR count). The van der Waals surface area contributed by atoms with E-state index in [9.17, 15) is 8.76 Å². The van der Waals surface area contributed by atoms with Crippen LogP contribution in [0, 0.1) is 11.3 Å². The number of ether oxygens (including phenoxy) is 1. The third kappa shape index (κ3) is 3.50. The van der Waals surface area contributed by atoms with Gasteiger partial charge in [-0.1, -0.05) is 23.2 Å². The smallest absolute Gasteiger partial charge is 0.190 e. The highest BCUT2D eigenvalue weighted by atomic mass is 35.5. The van der Waals surface area contributed by atoms with Gasteiger partial charge in [-0.15, -0.1) is 0 Å². The van der Waals surface area contributed by atoms with E-state index >= 15 is 0 Å². The van der Waals surface area contributed by atoms with Crippen molar-refractivity contribution in [3.63, 3.8) is 0 Å². The van der Waals surface area contributed by atoms with Gasteiger partial charge in [-0.25, -0.2) is 4.21 Å². The molecule has 2 aromatic carbocycles. The third-order valence-electron chi connectivity index (χ3n) is 2.32. The number of nitriles is 1. The van der Waals surface area contributed by atoms with Crippen LogP contribution in [0.2, 0.25) is 10.0 Å². The lowest BCUT2D eigenvalue weighted by Crippen LogP contribution is -1.95. The highest BCUT2D eigenvalue weighted by molar-refractivity contribution is 7.79. The standard InChI is InChI=1S/C13H7Cl2NO3S/c14-9-4-10(15)6-11(5-9)19-12-2-1-8(7-16)3-13(12)20(17)18/h1-6H,(H,17,18). The molecule has 1 N–H and O–H groups in total. The number of rotatable bonds is 3. The first-order valence-corrected chi connectivity index (χ1v) is 7.15. The molecule has 0 aliphatic heterocycles. The monoisotopic (exact) mass is 327 g/mol. The van der Waals surface area contributed by atoms with Gasteiger partial charge in [-0.05, 0) is 36.4 Å². The minimum Gasteiger partial charge on any atom is -0.456 e. The molecule has 0 fully saturated rings. The zero-order valence-corrected chi connectivity index (χ0v) is 12.2. The Bertz CT molecular complexity index is 708. The molecule has 0 bridgehead atoms. The lowest BCUT2D eigenvalue weighted by Gasteiger charge is -2.10. The van der Waals surface area contributed by atoms with Gasteiger partial charge in [0.05, 0.1) is 11.6 Å². The summed E-state index contributed by atoms with van der Waals surface area (Å²) in [5.74, 6) is 0.488. The Morgan fingerprint density at radius 2 is 1.80 bits per heavy atom. The maximum atomic E-state index is 11.3. The molecule has 0 aromatic heterocycles. The topological polar surface area (TPSA) is 70.3 Å². The zero-order chi connectivity index (χ0) is 14.7. The molecule has 2 aromatic rings. The number of nitrogens with zero attached hydrogens (tertiary/aromatic N) is 1. The molecule has 1 unspecified atom stereocenters. The number of benzene rings is 2. The van der Waals surface area contributed by atoms with E-state index in [2.05, 4.69) is 0 Å². The molecule has 1 atom stereocenters. The quantitative estimate of drug-likeness (QED) is 0.856. The number of hydrogen-bond donors (Lipinski definition) is 1. The number of halogens is 2. The molecule has 102 valence electrons. The second kappa shape index (κ2) is 6.25. The Morgan fingerprint density at radius 3 is 2.35 bits per heavy atom. The summed E-state index contributed by atoms with van der Waals surface area (Å²) < 4.78 is 26.0. The fourth-order valence-corrected chi connectivity index (χ4v) is 2.53. The largest absolute Gasteiger partial charge is 0.456 e. The van der Waals surface area contributed by atoms with E-state index in [4.69, 9.17) is 33.2 Å². The van der Waals surface area contributed by atoms with Gasteiger partial charge >= 0.3 is 0 Å². The van der Waals surface area contributed by atoms with Gasteiger partial charge < -0.3 is 9.29 Å². The maximum Gasteiger partial charge on any atom is 0.190 e.